The van der Waals surface area contributed by atoms with Crippen molar-refractivity contribution in [3.63, 3.8) is 0 Å². The van der Waals surface area contributed by atoms with Crippen molar-refractivity contribution in [2.75, 3.05) is 13.7 Å². The number of nitriles is 1. The quantitative estimate of drug-likeness (QED) is 0.863. The van der Waals surface area contributed by atoms with Crippen LogP contribution in [0, 0.1) is 17.2 Å². The number of benzene rings is 1. The highest BCUT2D eigenvalue weighted by molar-refractivity contribution is 5.94. The molecular formula is C14H18N2O2. The molecule has 0 saturated carbocycles. The van der Waals surface area contributed by atoms with Crippen molar-refractivity contribution in [1.82, 2.24) is 5.32 Å². The van der Waals surface area contributed by atoms with Gasteiger partial charge in [0.2, 0.25) is 0 Å². The smallest absolute Gasteiger partial charge is 0.251 e. The van der Waals surface area contributed by atoms with Crippen molar-refractivity contribution in [1.29, 1.82) is 5.26 Å². The molecule has 1 N–H and O–H groups in total. The highest BCUT2D eigenvalue weighted by Gasteiger charge is 2.17. The molecular weight excluding hydrogens is 228 g/mol. The molecule has 1 unspecified atom stereocenters. The van der Waals surface area contributed by atoms with Crippen molar-refractivity contribution >= 4 is 5.91 Å². The average molecular weight is 246 g/mol. The zero-order valence-corrected chi connectivity index (χ0v) is 10.9. The lowest BCUT2D eigenvalue weighted by Crippen LogP contribution is -2.41. The van der Waals surface area contributed by atoms with Crippen molar-refractivity contribution in [2.24, 2.45) is 5.92 Å². The number of hydrogen-bond donors (Lipinski definition) is 1. The molecule has 4 heteroatoms. The third kappa shape index (κ3) is 3.86. The Hall–Kier alpha value is -1.86. The average Bonchev–Trinajstić information content (AvgIpc) is 2.38. The molecule has 0 bridgehead atoms. The summed E-state index contributed by atoms with van der Waals surface area (Å²) in [7, 11) is 1.61. The molecule has 1 aromatic carbocycles. The van der Waals surface area contributed by atoms with Crippen LogP contribution in [0.25, 0.3) is 0 Å². The number of amides is 1. The first kappa shape index (κ1) is 14.2. The van der Waals surface area contributed by atoms with Gasteiger partial charge in [-0.25, -0.2) is 0 Å². The number of carbonyl (C=O) groups excluding carboxylic acids is 1. The molecule has 0 saturated heterocycles. The molecule has 4 nitrogen and oxygen atoms in total. The van der Waals surface area contributed by atoms with Crippen LogP contribution in [0.15, 0.2) is 24.3 Å². The van der Waals surface area contributed by atoms with E-state index < -0.39 is 0 Å². The van der Waals surface area contributed by atoms with E-state index in [2.05, 4.69) is 5.32 Å². The monoisotopic (exact) mass is 246 g/mol. The molecule has 0 heterocycles. The summed E-state index contributed by atoms with van der Waals surface area (Å²) in [6.07, 6.45) is 0. The fraction of sp³-hybridized carbons (Fsp3) is 0.429. The SMILES string of the molecule is COCC(NC(=O)c1cccc(C#N)c1)C(C)C. The summed E-state index contributed by atoms with van der Waals surface area (Å²) in [6.45, 7) is 4.52. The first-order valence-corrected chi connectivity index (χ1v) is 5.88. The van der Waals surface area contributed by atoms with E-state index in [0.717, 1.165) is 0 Å². The molecule has 96 valence electrons. The van der Waals surface area contributed by atoms with E-state index in [-0.39, 0.29) is 17.9 Å². The standard InChI is InChI=1S/C14H18N2O2/c1-10(2)13(9-18-3)16-14(17)12-6-4-5-11(7-12)8-15/h4-7,10,13H,9H2,1-3H3,(H,16,17). The first-order chi connectivity index (χ1) is 8.58. The summed E-state index contributed by atoms with van der Waals surface area (Å²) >= 11 is 0. The number of carbonyl (C=O) groups is 1. The lowest BCUT2D eigenvalue weighted by molar-refractivity contribution is 0.0866. The summed E-state index contributed by atoms with van der Waals surface area (Å²) in [5.74, 6) is 0.107. The first-order valence-electron chi connectivity index (χ1n) is 5.88. The Morgan fingerprint density at radius 2 is 2.22 bits per heavy atom. The Labute approximate surface area is 108 Å². The Morgan fingerprint density at radius 1 is 1.50 bits per heavy atom. The van der Waals surface area contributed by atoms with E-state index in [0.29, 0.717) is 17.7 Å². The normalized spacial score (nSPS) is 11.9. The molecule has 0 aliphatic carbocycles. The summed E-state index contributed by atoms with van der Waals surface area (Å²) < 4.78 is 5.08. The van der Waals surface area contributed by atoms with Crippen LogP contribution in [0.4, 0.5) is 0 Å². The summed E-state index contributed by atoms with van der Waals surface area (Å²) in [5.41, 5.74) is 0.978. The summed E-state index contributed by atoms with van der Waals surface area (Å²) in [6, 6.07) is 8.64. The minimum absolute atomic E-state index is 0.0340. The third-order valence-electron chi connectivity index (χ3n) is 2.72. The van der Waals surface area contributed by atoms with Gasteiger partial charge in [0.05, 0.1) is 24.3 Å². The molecule has 0 aliphatic rings. The maximum atomic E-state index is 12.0. The largest absolute Gasteiger partial charge is 0.383 e. The van der Waals surface area contributed by atoms with Gasteiger partial charge in [0, 0.05) is 12.7 Å². The Bertz CT molecular complexity index is 449. The maximum Gasteiger partial charge on any atom is 0.251 e. The van der Waals surface area contributed by atoms with Crippen LogP contribution in [0.2, 0.25) is 0 Å². The topological polar surface area (TPSA) is 62.1 Å². The number of methoxy groups -OCH3 is 1. The van der Waals surface area contributed by atoms with Crippen LogP contribution in [0.5, 0.6) is 0 Å². The molecule has 0 aliphatic heterocycles. The number of ether oxygens (including phenoxy) is 1. The zero-order valence-electron chi connectivity index (χ0n) is 10.9. The second-order valence-corrected chi connectivity index (χ2v) is 4.47. The highest BCUT2D eigenvalue weighted by atomic mass is 16.5. The predicted molar refractivity (Wildman–Crippen MR) is 69.1 cm³/mol. The molecule has 1 aromatic rings. The highest BCUT2D eigenvalue weighted by Crippen LogP contribution is 2.07. The molecule has 0 fully saturated rings. The van der Waals surface area contributed by atoms with Crippen molar-refractivity contribution in [3.05, 3.63) is 35.4 Å². The Balaban J connectivity index is 2.77. The lowest BCUT2D eigenvalue weighted by Gasteiger charge is -2.21. The minimum Gasteiger partial charge on any atom is -0.383 e. The van der Waals surface area contributed by atoms with Crippen molar-refractivity contribution in [3.8, 4) is 6.07 Å². The zero-order chi connectivity index (χ0) is 13.5. The third-order valence-corrected chi connectivity index (χ3v) is 2.72. The van der Waals surface area contributed by atoms with Gasteiger partial charge in [-0.3, -0.25) is 4.79 Å². The molecule has 1 atom stereocenters. The van der Waals surface area contributed by atoms with Gasteiger partial charge in [-0.05, 0) is 24.1 Å². The lowest BCUT2D eigenvalue weighted by atomic mass is 10.0. The van der Waals surface area contributed by atoms with E-state index in [1.54, 1.807) is 31.4 Å². The van der Waals surface area contributed by atoms with Gasteiger partial charge in [-0.1, -0.05) is 19.9 Å². The van der Waals surface area contributed by atoms with Crippen LogP contribution in [0.1, 0.15) is 29.8 Å². The molecule has 0 spiro atoms. The van der Waals surface area contributed by atoms with Gasteiger partial charge in [-0.2, -0.15) is 5.26 Å². The molecule has 1 amide bonds. The molecule has 1 rings (SSSR count). The second kappa shape index (κ2) is 6.77. The molecule has 18 heavy (non-hydrogen) atoms. The summed E-state index contributed by atoms with van der Waals surface area (Å²) in [5, 5.41) is 11.7. The predicted octanol–water partition coefficient (Wildman–Crippen LogP) is 1.96. The summed E-state index contributed by atoms with van der Waals surface area (Å²) in [4.78, 5) is 12.0. The van der Waals surface area contributed by atoms with E-state index in [1.807, 2.05) is 19.9 Å². The van der Waals surface area contributed by atoms with Crippen molar-refractivity contribution < 1.29 is 9.53 Å². The number of nitrogens with zero attached hydrogens (tertiary/aromatic N) is 1. The molecule has 0 radical (unpaired) electrons. The van der Waals surface area contributed by atoms with Gasteiger partial charge in [0.25, 0.3) is 5.91 Å². The van der Waals surface area contributed by atoms with E-state index in [9.17, 15) is 4.79 Å². The van der Waals surface area contributed by atoms with Crippen molar-refractivity contribution in [2.45, 2.75) is 19.9 Å². The number of rotatable bonds is 5. The number of nitrogens with one attached hydrogen (secondary N) is 1. The van der Waals surface area contributed by atoms with Gasteiger partial charge in [0.15, 0.2) is 0 Å². The van der Waals surface area contributed by atoms with Crippen LogP contribution < -0.4 is 5.32 Å². The van der Waals surface area contributed by atoms with Crippen LogP contribution in [0.3, 0.4) is 0 Å². The maximum absolute atomic E-state index is 12.0. The van der Waals surface area contributed by atoms with E-state index >= 15 is 0 Å². The van der Waals surface area contributed by atoms with Crippen LogP contribution in [-0.2, 0) is 4.74 Å². The van der Waals surface area contributed by atoms with Gasteiger partial charge in [0.1, 0.15) is 0 Å². The van der Waals surface area contributed by atoms with E-state index in [1.165, 1.54) is 0 Å². The molecule has 0 aromatic heterocycles. The van der Waals surface area contributed by atoms with Gasteiger partial charge in [-0.15, -0.1) is 0 Å². The van der Waals surface area contributed by atoms with Gasteiger partial charge < -0.3 is 10.1 Å². The fourth-order valence-corrected chi connectivity index (χ4v) is 1.56. The Morgan fingerprint density at radius 3 is 2.78 bits per heavy atom. The van der Waals surface area contributed by atoms with Gasteiger partial charge >= 0.3 is 0 Å². The Kier molecular flexibility index (Phi) is 5.34. The fourth-order valence-electron chi connectivity index (χ4n) is 1.56. The minimum atomic E-state index is -0.178. The van der Waals surface area contributed by atoms with Crippen LogP contribution in [-0.4, -0.2) is 25.7 Å². The van der Waals surface area contributed by atoms with E-state index in [4.69, 9.17) is 10.00 Å². The number of hydrogen-bond acceptors (Lipinski definition) is 3. The van der Waals surface area contributed by atoms with Crippen LogP contribution >= 0.6 is 0 Å². The second-order valence-electron chi connectivity index (χ2n) is 4.47.